The van der Waals surface area contributed by atoms with E-state index < -0.39 is 17.5 Å². The molecule has 1 rings (SSSR count). The van der Waals surface area contributed by atoms with Gasteiger partial charge < -0.3 is 4.74 Å². The molecule has 0 spiro atoms. The predicted octanol–water partition coefficient (Wildman–Crippen LogP) is 0.724. The van der Waals surface area contributed by atoms with Crippen LogP contribution in [-0.2, 0) is 4.79 Å². The molecule has 0 aliphatic heterocycles. The number of rotatable bonds is 4. The van der Waals surface area contributed by atoms with Gasteiger partial charge in [0.2, 0.25) is 5.91 Å². The van der Waals surface area contributed by atoms with Gasteiger partial charge in [-0.2, -0.15) is 0 Å². The summed E-state index contributed by atoms with van der Waals surface area (Å²) < 4.78 is 30.5. The second-order valence-corrected chi connectivity index (χ2v) is 2.74. The summed E-state index contributed by atoms with van der Waals surface area (Å²) in [6.45, 7) is -0.0661. The minimum Gasteiger partial charge on any atom is -0.490 e. The molecule has 3 N–H and O–H groups in total. The Hall–Kier alpha value is -1.69. The molecule has 0 atom stereocenters. The van der Waals surface area contributed by atoms with Crippen molar-refractivity contribution in [3.63, 3.8) is 0 Å². The number of hydrazine groups is 1. The highest BCUT2D eigenvalue weighted by molar-refractivity contribution is 5.75. The molecular formula is C9H10F2N2O2. The fourth-order valence-electron chi connectivity index (χ4n) is 0.914. The van der Waals surface area contributed by atoms with E-state index in [9.17, 15) is 13.6 Å². The van der Waals surface area contributed by atoms with Crippen LogP contribution in [0.4, 0.5) is 8.78 Å². The molecule has 0 aliphatic rings. The van der Waals surface area contributed by atoms with Crippen LogP contribution in [0.1, 0.15) is 6.42 Å². The Balaban J connectivity index is 2.50. The molecule has 0 fully saturated rings. The first-order chi connectivity index (χ1) is 7.13. The number of ether oxygens (including phenoxy) is 1. The Morgan fingerprint density at radius 3 is 2.87 bits per heavy atom. The predicted molar refractivity (Wildman–Crippen MR) is 48.8 cm³/mol. The SMILES string of the molecule is NNC(=O)CCOc1cc(F)ccc1F. The van der Waals surface area contributed by atoms with Gasteiger partial charge in [-0.25, -0.2) is 14.6 Å². The summed E-state index contributed by atoms with van der Waals surface area (Å²) in [6.07, 6.45) is -0.0214. The van der Waals surface area contributed by atoms with Gasteiger partial charge >= 0.3 is 0 Å². The standard InChI is InChI=1S/C9H10F2N2O2/c10-6-1-2-7(11)8(5-6)15-4-3-9(14)13-12/h1-2,5H,3-4,12H2,(H,13,14). The zero-order chi connectivity index (χ0) is 11.3. The van der Waals surface area contributed by atoms with Crippen molar-refractivity contribution in [1.82, 2.24) is 5.43 Å². The lowest BCUT2D eigenvalue weighted by Crippen LogP contribution is -2.31. The van der Waals surface area contributed by atoms with E-state index in [0.29, 0.717) is 0 Å². The monoisotopic (exact) mass is 216 g/mol. The van der Waals surface area contributed by atoms with E-state index in [-0.39, 0.29) is 18.8 Å². The van der Waals surface area contributed by atoms with Crippen molar-refractivity contribution < 1.29 is 18.3 Å². The summed E-state index contributed by atoms with van der Waals surface area (Å²) in [5.41, 5.74) is 1.89. The quantitative estimate of drug-likeness (QED) is 0.443. The van der Waals surface area contributed by atoms with E-state index in [1.165, 1.54) is 0 Å². The van der Waals surface area contributed by atoms with Crippen molar-refractivity contribution in [3.05, 3.63) is 29.8 Å². The third-order valence-electron chi connectivity index (χ3n) is 1.64. The molecule has 0 saturated heterocycles. The van der Waals surface area contributed by atoms with E-state index in [4.69, 9.17) is 10.6 Å². The molecule has 0 heterocycles. The van der Waals surface area contributed by atoms with Gasteiger partial charge in [-0.3, -0.25) is 10.2 Å². The van der Waals surface area contributed by atoms with Crippen molar-refractivity contribution in [3.8, 4) is 5.75 Å². The summed E-state index contributed by atoms with van der Waals surface area (Å²) >= 11 is 0. The number of carbonyl (C=O) groups is 1. The third kappa shape index (κ3) is 3.51. The van der Waals surface area contributed by atoms with Gasteiger partial charge in [-0.1, -0.05) is 0 Å². The lowest BCUT2D eigenvalue weighted by Gasteiger charge is -2.06. The number of hydrogen-bond donors (Lipinski definition) is 2. The Labute approximate surface area is 85.0 Å². The van der Waals surface area contributed by atoms with Crippen molar-refractivity contribution in [1.29, 1.82) is 0 Å². The first-order valence-electron chi connectivity index (χ1n) is 4.21. The highest BCUT2D eigenvalue weighted by Crippen LogP contribution is 2.17. The summed E-state index contributed by atoms with van der Waals surface area (Å²) in [5.74, 6) is 2.88. The molecule has 4 nitrogen and oxygen atoms in total. The number of nitrogens with two attached hydrogens (primary N) is 1. The fourth-order valence-corrected chi connectivity index (χ4v) is 0.914. The highest BCUT2D eigenvalue weighted by Gasteiger charge is 2.05. The molecule has 15 heavy (non-hydrogen) atoms. The maximum atomic E-state index is 13.0. The summed E-state index contributed by atoms with van der Waals surface area (Å²) in [7, 11) is 0. The van der Waals surface area contributed by atoms with Crippen LogP contribution < -0.4 is 16.0 Å². The van der Waals surface area contributed by atoms with E-state index in [0.717, 1.165) is 18.2 Å². The maximum Gasteiger partial charge on any atom is 0.237 e. The Bertz CT molecular complexity index is 358. The van der Waals surface area contributed by atoms with Gasteiger partial charge in [0.25, 0.3) is 0 Å². The fraction of sp³-hybridized carbons (Fsp3) is 0.222. The minimum absolute atomic E-state index is 0.0214. The Kier molecular flexibility index (Phi) is 3.99. The molecule has 0 unspecified atom stereocenters. The number of halogens is 2. The smallest absolute Gasteiger partial charge is 0.237 e. The number of benzene rings is 1. The zero-order valence-electron chi connectivity index (χ0n) is 7.80. The van der Waals surface area contributed by atoms with Crippen molar-refractivity contribution >= 4 is 5.91 Å². The minimum atomic E-state index is -0.676. The number of hydrogen-bond acceptors (Lipinski definition) is 3. The Morgan fingerprint density at radius 2 is 2.20 bits per heavy atom. The van der Waals surface area contributed by atoms with Gasteiger partial charge in [0.05, 0.1) is 13.0 Å². The number of nitrogens with one attached hydrogen (secondary N) is 1. The molecule has 1 aromatic rings. The zero-order valence-corrected chi connectivity index (χ0v) is 7.80. The van der Waals surface area contributed by atoms with Crippen molar-refractivity contribution in [2.75, 3.05) is 6.61 Å². The highest BCUT2D eigenvalue weighted by atomic mass is 19.1. The number of amides is 1. The van der Waals surface area contributed by atoms with E-state index in [2.05, 4.69) is 0 Å². The maximum absolute atomic E-state index is 13.0. The third-order valence-corrected chi connectivity index (χ3v) is 1.64. The van der Waals surface area contributed by atoms with Crippen LogP contribution in [0, 0.1) is 11.6 Å². The molecule has 0 bridgehead atoms. The lowest BCUT2D eigenvalue weighted by atomic mass is 10.3. The van der Waals surface area contributed by atoms with Gasteiger partial charge in [-0.15, -0.1) is 0 Å². The van der Waals surface area contributed by atoms with Gasteiger partial charge in [0.1, 0.15) is 5.82 Å². The van der Waals surface area contributed by atoms with E-state index in [1.807, 2.05) is 5.43 Å². The van der Waals surface area contributed by atoms with Crippen LogP contribution in [0.3, 0.4) is 0 Å². The van der Waals surface area contributed by atoms with Gasteiger partial charge in [0, 0.05) is 6.07 Å². The molecule has 0 saturated carbocycles. The van der Waals surface area contributed by atoms with Crippen molar-refractivity contribution in [2.45, 2.75) is 6.42 Å². The molecule has 1 aromatic carbocycles. The average Bonchev–Trinajstić information content (AvgIpc) is 2.23. The topological polar surface area (TPSA) is 64.3 Å². The molecule has 0 aromatic heterocycles. The van der Waals surface area contributed by atoms with Crippen LogP contribution >= 0.6 is 0 Å². The summed E-state index contributed by atoms with van der Waals surface area (Å²) in [5, 5.41) is 0. The second-order valence-electron chi connectivity index (χ2n) is 2.74. The first-order valence-corrected chi connectivity index (χ1v) is 4.21. The lowest BCUT2D eigenvalue weighted by molar-refractivity contribution is -0.121. The molecule has 82 valence electrons. The number of carbonyl (C=O) groups excluding carboxylic acids is 1. The van der Waals surface area contributed by atoms with Crippen LogP contribution in [0.2, 0.25) is 0 Å². The molecule has 0 radical (unpaired) electrons. The van der Waals surface area contributed by atoms with Gasteiger partial charge in [0.15, 0.2) is 11.6 Å². The second kappa shape index (κ2) is 5.26. The summed E-state index contributed by atoms with van der Waals surface area (Å²) in [6, 6.07) is 2.85. The first kappa shape index (κ1) is 11.4. The molecular weight excluding hydrogens is 206 g/mol. The normalized spacial score (nSPS) is 9.80. The summed E-state index contributed by atoms with van der Waals surface area (Å²) in [4.78, 5) is 10.7. The van der Waals surface area contributed by atoms with E-state index >= 15 is 0 Å². The Morgan fingerprint density at radius 1 is 1.47 bits per heavy atom. The largest absolute Gasteiger partial charge is 0.490 e. The van der Waals surface area contributed by atoms with Crippen LogP contribution in [0.5, 0.6) is 5.75 Å². The molecule has 0 aliphatic carbocycles. The average molecular weight is 216 g/mol. The van der Waals surface area contributed by atoms with Crippen LogP contribution in [0.25, 0.3) is 0 Å². The molecule has 6 heteroatoms. The van der Waals surface area contributed by atoms with Crippen molar-refractivity contribution in [2.24, 2.45) is 5.84 Å². The van der Waals surface area contributed by atoms with Gasteiger partial charge in [-0.05, 0) is 12.1 Å². The van der Waals surface area contributed by atoms with E-state index in [1.54, 1.807) is 0 Å². The van der Waals surface area contributed by atoms with Crippen LogP contribution in [-0.4, -0.2) is 12.5 Å². The van der Waals surface area contributed by atoms with Crippen LogP contribution in [0.15, 0.2) is 18.2 Å². The molecule has 1 amide bonds.